The zero-order valence-corrected chi connectivity index (χ0v) is 14.6. The number of nitrogens with zero attached hydrogens (tertiary/aromatic N) is 1. The average molecular weight is 339 g/mol. The maximum absolute atomic E-state index is 12.4. The Balaban J connectivity index is 1.65. The van der Waals surface area contributed by atoms with E-state index in [0.717, 1.165) is 16.5 Å². The third kappa shape index (κ3) is 3.47. The van der Waals surface area contributed by atoms with Gasteiger partial charge in [0, 0.05) is 18.0 Å². The van der Waals surface area contributed by atoms with Crippen LogP contribution in [-0.4, -0.2) is 16.8 Å². The summed E-state index contributed by atoms with van der Waals surface area (Å²) in [6.07, 6.45) is 0. The Labute approximate surface area is 145 Å². The fourth-order valence-corrected chi connectivity index (χ4v) is 3.36. The highest BCUT2D eigenvalue weighted by atomic mass is 32.1. The highest BCUT2D eigenvalue weighted by molar-refractivity contribution is 7.09. The highest BCUT2D eigenvalue weighted by Crippen LogP contribution is 2.22. The van der Waals surface area contributed by atoms with Crippen LogP contribution in [0.25, 0.3) is 10.9 Å². The normalized spacial score (nSPS) is 12.5. The van der Waals surface area contributed by atoms with E-state index in [1.807, 2.05) is 36.4 Å². The quantitative estimate of drug-likeness (QED) is 0.742. The third-order valence-electron chi connectivity index (χ3n) is 4.10. The van der Waals surface area contributed by atoms with E-state index >= 15 is 0 Å². The zero-order chi connectivity index (χ0) is 17.1. The van der Waals surface area contributed by atoms with Gasteiger partial charge in [0.05, 0.1) is 5.52 Å². The first-order valence-electron chi connectivity index (χ1n) is 8.04. The molecule has 3 N–H and O–H groups in total. The second-order valence-electron chi connectivity index (χ2n) is 6.17. The maximum atomic E-state index is 12.4. The Morgan fingerprint density at radius 3 is 2.50 bits per heavy atom. The van der Waals surface area contributed by atoms with Gasteiger partial charge in [-0.3, -0.25) is 4.79 Å². The van der Waals surface area contributed by atoms with Gasteiger partial charge in [0.1, 0.15) is 4.88 Å². The van der Waals surface area contributed by atoms with Crippen LogP contribution in [0.1, 0.15) is 46.6 Å². The number of hydrogen-bond donors (Lipinski definition) is 2. The first-order valence-corrected chi connectivity index (χ1v) is 8.81. The van der Waals surface area contributed by atoms with Crippen molar-refractivity contribution in [2.75, 3.05) is 6.54 Å². The van der Waals surface area contributed by atoms with Crippen LogP contribution in [0.15, 0.2) is 48.5 Å². The van der Waals surface area contributed by atoms with Crippen LogP contribution in [0.5, 0.6) is 0 Å². The Morgan fingerprint density at radius 1 is 1.12 bits per heavy atom. The molecule has 0 radical (unpaired) electrons. The molecule has 1 aromatic heterocycles. The number of carbonyl (C=O) groups excluding carboxylic acids is 1. The van der Waals surface area contributed by atoms with Crippen molar-refractivity contribution in [3.63, 3.8) is 0 Å². The number of nitrogens with two attached hydrogens (primary N) is 1. The fraction of sp³-hybridized carbons (Fsp3) is 0.263. The monoisotopic (exact) mass is 339 g/mol. The van der Waals surface area contributed by atoms with Crippen LogP contribution < -0.4 is 11.1 Å². The predicted octanol–water partition coefficient (Wildman–Crippen LogP) is 3.85. The second-order valence-corrected chi connectivity index (χ2v) is 6.94. The number of hydrogen-bond acceptors (Lipinski definition) is 4. The largest absolute Gasteiger partial charge is 0.349 e. The van der Waals surface area contributed by atoms with Gasteiger partial charge in [-0.25, -0.2) is 0 Å². The van der Waals surface area contributed by atoms with Crippen molar-refractivity contribution in [2.24, 2.45) is 5.73 Å². The van der Waals surface area contributed by atoms with Crippen molar-refractivity contribution in [1.29, 1.82) is 0 Å². The molecule has 0 aliphatic carbocycles. The smallest absolute Gasteiger partial charge is 0.263 e. The number of fused-ring (bicyclic) bond motifs is 1. The van der Waals surface area contributed by atoms with Gasteiger partial charge in [-0.2, -0.15) is 4.37 Å². The summed E-state index contributed by atoms with van der Waals surface area (Å²) in [5, 5.41) is 3.80. The molecular formula is C19H21N3OS. The van der Waals surface area contributed by atoms with Crippen LogP contribution in [-0.2, 0) is 0 Å². The molecule has 1 amide bonds. The molecule has 1 unspecified atom stereocenters. The number of nitrogens with one attached hydrogen (secondary N) is 1. The molecule has 0 bridgehead atoms. The Morgan fingerprint density at radius 2 is 1.79 bits per heavy atom. The van der Waals surface area contributed by atoms with E-state index in [4.69, 9.17) is 5.73 Å². The minimum Gasteiger partial charge on any atom is -0.349 e. The number of benzene rings is 2. The van der Waals surface area contributed by atoms with Gasteiger partial charge >= 0.3 is 0 Å². The summed E-state index contributed by atoms with van der Waals surface area (Å²) in [7, 11) is 0. The number of aromatic nitrogens is 1. The van der Waals surface area contributed by atoms with E-state index in [1.165, 1.54) is 17.1 Å². The molecule has 1 atom stereocenters. The van der Waals surface area contributed by atoms with E-state index in [9.17, 15) is 4.79 Å². The molecule has 0 aliphatic heterocycles. The van der Waals surface area contributed by atoms with Gasteiger partial charge in [-0.05, 0) is 34.6 Å². The molecular weight excluding hydrogens is 318 g/mol. The number of rotatable bonds is 5. The summed E-state index contributed by atoms with van der Waals surface area (Å²) in [6.45, 7) is 4.72. The van der Waals surface area contributed by atoms with Crippen LogP contribution in [0.2, 0.25) is 0 Å². The first-order chi connectivity index (χ1) is 11.6. The number of amides is 1. The summed E-state index contributed by atoms with van der Waals surface area (Å²) in [4.78, 5) is 13.0. The minimum absolute atomic E-state index is 0.122. The molecule has 0 fully saturated rings. The molecule has 0 saturated carbocycles. The van der Waals surface area contributed by atoms with Gasteiger partial charge < -0.3 is 11.1 Å². The molecule has 5 heteroatoms. The third-order valence-corrected chi connectivity index (χ3v) is 4.98. The lowest BCUT2D eigenvalue weighted by Gasteiger charge is -2.14. The molecule has 124 valence electrons. The Bertz CT molecular complexity index is 839. The molecule has 0 spiro atoms. The van der Waals surface area contributed by atoms with Crippen molar-refractivity contribution in [1.82, 2.24) is 9.69 Å². The summed E-state index contributed by atoms with van der Waals surface area (Å²) in [5.41, 5.74) is 9.36. The van der Waals surface area contributed by atoms with E-state index in [0.29, 0.717) is 17.3 Å². The second kappa shape index (κ2) is 7.11. The molecule has 3 aromatic rings. The van der Waals surface area contributed by atoms with Gasteiger partial charge in [-0.1, -0.05) is 56.3 Å². The molecule has 1 heterocycles. The van der Waals surface area contributed by atoms with Gasteiger partial charge in [0.2, 0.25) is 0 Å². The van der Waals surface area contributed by atoms with E-state index < -0.39 is 0 Å². The van der Waals surface area contributed by atoms with Crippen LogP contribution in [0.3, 0.4) is 0 Å². The summed E-state index contributed by atoms with van der Waals surface area (Å²) < 4.78 is 4.30. The Kier molecular flexibility index (Phi) is 4.92. The average Bonchev–Trinajstić information content (AvgIpc) is 3.03. The van der Waals surface area contributed by atoms with Crippen LogP contribution in [0, 0.1) is 0 Å². The van der Waals surface area contributed by atoms with Crippen molar-refractivity contribution < 1.29 is 4.79 Å². The lowest BCUT2D eigenvalue weighted by molar-refractivity contribution is 0.0956. The zero-order valence-electron chi connectivity index (χ0n) is 13.8. The summed E-state index contributed by atoms with van der Waals surface area (Å²) >= 11 is 1.22. The van der Waals surface area contributed by atoms with E-state index in [1.54, 1.807) is 0 Å². The fourth-order valence-electron chi connectivity index (χ4n) is 2.58. The lowest BCUT2D eigenvalue weighted by Crippen LogP contribution is -2.31. The minimum atomic E-state index is -0.227. The molecule has 3 rings (SSSR count). The lowest BCUT2D eigenvalue weighted by atomic mass is 9.99. The van der Waals surface area contributed by atoms with Crippen molar-refractivity contribution in [2.45, 2.75) is 25.8 Å². The standard InChI is InChI=1S/C19H21N3OS/c1-12(2)13-7-9-14(10-8-13)16(20)11-21-19(23)18-15-5-3-4-6-17(15)22-24-18/h3-10,12,16H,11,20H2,1-2H3,(H,21,23). The molecule has 0 aliphatic rings. The summed E-state index contributed by atoms with van der Waals surface area (Å²) in [5.74, 6) is 0.373. The topological polar surface area (TPSA) is 68.0 Å². The molecule has 4 nitrogen and oxygen atoms in total. The van der Waals surface area contributed by atoms with Gasteiger partial charge in [0.25, 0.3) is 5.91 Å². The number of carbonyl (C=O) groups is 1. The van der Waals surface area contributed by atoms with Crippen LogP contribution in [0.4, 0.5) is 0 Å². The molecule has 2 aromatic carbocycles. The Hall–Kier alpha value is -2.24. The van der Waals surface area contributed by atoms with Crippen molar-refractivity contribution >= 4 is 28.3 Å². The first kappa shape index (κ1) is 16.6. The van der Waals surface area contributed by atoms with Crippen LogP contribution >= 0.6 is 11.5 Å². The van der Waals surface area contributed by atoms with Crippen molar-refractivity contribution in [3.8, 4) is 0 Å². The maximum Gasteiger partial charge on any atom is 0.263 e. The van der Waals surface area contributed by atoms with Gasteiger partial charge in [0.15, 0.2) is 0 Å². The molecule has 0 saturated heterocycles. The van der Waals surface area contributed by atoms with E-state index in [2.05, 4.69) is 35.7 Å². The van der Waals surface area contributed by atoms with E-state index in [-0.39, 0.29) is 11.9 Å². The highest BCUT2D eigenvalue weighted by Gasteiger charge is 2.15. The predicted molar refractivity (Wildman–Crippen MR) is 99.4 cm³/mol. The molecule has 24 heavy (non-hydrogen) atoms. The summed E-state index contributed by atoms with van der Waals surface area (Å²) in [6, 6.07) is 15.7. The van der Waals surface area contributed by atoms with Gasteiger partial charge in [-0.15, -0.1) is 0 Å². The SMILES string of the molecule is CC(C)c1ccc(C(N)CNC(=O)c2snc3ccccc23)cc1. The van der Waals surface area contributed by atoms with Crippen molar-refractivity contribution in [3.05, 3.63) is 64.5 Å².